The summed E-state index contributed by atoms with van der Waals surface area (Å²) in [5.41, 5.74) is 2.26. The average Bonchev–Trinajstić information content (AvgIpc) is 3.00. The molecule has 1 aliphatic heterocycles. The Kier molecular flexibility index (Phi) is 2.60. The van der Waals surface area contributed by atoms with Crippen LogP contribution in [0.15, 0.2) is 24.3 Å². The van der Waals surface area contributed by atoms with Gasteiger partial charge in [-0.1, -0.05) is 18.2 Å². The molecule has 0 amide bonds. The van der Waals surface area contributed by atoms with Crippen molar-refractivity contribution in [3.63, 3.8) is 0 Å². The number of tetrazole rings is 1. The van der Waals surface area contributed by atoms with Crippen LogP contribution in [0, 0.1) is 6.92 Å². The maximum atomic E-state index is 4.18. The summed E-state index contributed by atoms with van der Waals surface area (Å²) < 4.78 is 1.87. The fourth-order valence-corrected chi connectivity index (χ4v) is 2.30. The summed E-state index contributed by atoms with van der Waals surface area (Å²) in [6, 6.07) is 8.17. The van der Waals surface area contributed by atoms with E-state index in [2.05, 4.69) is 39.9 Å². The highest BCUT2D eigenvalue weighted by Crippen LogP contribution is 2.22. The molecule has 0 saturated carbocycles. The Hall–Kier alpha value is -1.75. The van der Waals surface area contributed by atoms with E-state index >= 15 is 0 Å². The minimum atomic E-state index is 0.421. The number of nitrogens with zero attached hydrogens (tertiary/aromatic N) is 4. The van der Waals surface area contributed by atoms with Crippen molar-refractivity contribution in [3.8, 4) is 5.69 Å². The van der Waals surface area contributed by atoms with E-state index in [0.717, 1.165) is 31.0 Å². The SMILES string of the molecule is Cc1ccccc1-n1nnnc1C1CCNC1. The number of aryl methyl sites for hydroxylation is 1. The molecule has 5 nitrogen and oxygen atoms in total. The molecule has 0 bridgehead atoms. The molecule has 1 saturated heterocycles. The van der Waals surface area contributed by atoms with Gasteiger partial charge < -0.3 is 5.32 Å². The minimum absolute atomic E-state index is 0.421. The van der Waals surface area contributed by atoms with Gasteiger partial charge in [-0.2, -0.15) is 4.68 Å². The standard InChI is InChI=1S/C12H15N5/c1-9-4-2-3-5-11(9)17-12(14-15-16-17)10-6-7-13-8-10/h2-5,10,13H,6-8H2,1H3. The predicted octanol–water partition coefficient (Wildman–Crippen LogP) is 1.05. The van der Waals surface area contributed by atoms with E-state index < -0.39 is 0 Å². The lowest BCUT2D eigenvalue weighted by Gasteiger charge is -2.10. The number of aromatic nitrogens is 4. The van der Waals surface area contributed by atoms with Crippen molar-refractivity contribution < 1.29 is 0 Å². The molecule has 88 valence electrons. The van der Waals surface area contributed by atoms with Gasteiger partial charge in [-0.25, -0.2) is 0 Å². The van der Waals surface area contributed by atoms with Crippen molar-refractivity contribution >= 4 is 0 Å². The highest BCUT2D eigenvalue weighted by atomic mass is 15.5. The summed E-state index contributed by atoms with van der Waals surface area (Å²) in [4.78, 5) is 0. The summed E-state index contributed by atoms with van der Waals surface area (Å²) >= 11 is 0. The van der Waals surface area contributed by atoms with Crippen LogP contribution in [-0.4, -0.2) is 33.3 Å². The Bertz CT molecular complexity index is 513. The summed E-state index contributed by atoms with van der Waals surface area (Å²) in [6.45, 7) is 4.09. The first-order valence-corrected chi connectivity index (χ1v) is 5.91. The lowest BCUT2D eigenvalue weighted by atomic mass is 10.1. The molecule has 1 fully saturated rings. The maximum Gasteiger partial charge on any atom is 0.161 e. The van der Waals surface area contributed by atoms with Crippen LogP contribution >= 0.6 is 0 Å². The van der Waals surface area contributed by atoms with E-state index in [1.165, 1.54) is 5.56 Å². The minimum Gasteiger partial charge on any atom is -0.316 e. The topological polar surface area (TPSA) is 55.6 Å². The molecule has 1 unspecified atom stereocenters. The Morgan fingerprint density at radius 2 is 2.24 bits per heavy atom. The summed E-state index contributed by atoms with van der Waals surface area (Å²) in [5.74, 6) is 1.38. The van der Waals surface area contributed by atoms with E-state index in [4.69, 9.17) is 0 Å². The van der Waals surface area contributed by atoms with Crippen molar-refractivity contribution in [2.45, 2.75) is 19.3 Å². The van der Waals surface area contributed by atoms with Crippen molar-refractivity contribution in [1.82, 2.24) is 25.5 Å². The van der Waals surface area contributed by atoms with Crippen molar-refractivity contribution in [1.29, 1.82) is 0 Å². The second-order valence-corrected chi connectivity index (χ2v) is 4.43. The lowest BCUT2D eigenvalue weighted by molar-refractivity contribution is 0.662. The molecule has 1 aliphatic rings. The number of nitrogens with one attached hydrogen (secondary N) is 1. The maximum absolute atomic E-state index is 4.18. The van der Waals surface area contributed by atoms with Crippen LogP contribution in [0.2, 0.25) is 0 Å². The summed E-state index contributed by atoms with van der Waals surface area (Å²) in [5, 5.41) is 15.5. The number of hydrogen-bond acceptors (Lipinski definition) is 4. The number of benzene rings is 1. The molecule has 2 heterocycles. The number of para-hydroxylation sites is 1. The zero-order chi connectivity index (χ0) is 11.7. The molecule has 0 radical (unpaired) electrons. The third-order valence-corrected chi connectivity index (χ3v) is 3.26. The smallest absolute Gasteiger partial charge is 0.161 e. The van der Waals surface area contributed by atoms with Gasteiger partial charge in [0.25, 0.3) is 0 Å². The second kappa shape index (κ2) is 4.25. The molecule has 1 N–H and O–H groups in total. The second-order valence-electron chi connectivity index (χ2n) is 4.43. The molecule has 1 atom stereocenters. The van der Waals surface area contributed by atoms with E-state index in [0.29, 0.717) is 5.92 Å². The Morgan fingerprint density at radius 1 is 1.35 bits per heavy atom. The Labute approximate surface area is 99.8 Å². The molecule has 2 aromatic rings. The monoisotopic (exact) mass is 229 g/mol. The summed E-state index contributed by atoms with van der Waals surface area (Å²) in [7, 11) is 0. The first-order valence-electron chi connectivity index (χ1n) is 5.91. The zero-order valence-electron chi connectivity index (χ0n) is 9.80. The van der Waals surface area contributed by atoms with Crippen LogP contribution in [0.1, 0.15) is 23.7 Å². The van der Waals surface area contributed by atoms with Crippen LogP contribution in [0.3, 0.4) is 0 Å². The van der Waals surface area contributed by atoms with Crippen LogP contribution in [0.25, 0.3) is 5.69 Å². The quantitative estimate of drug-likeness (QED) is 0.836. The highest BCUT2D eigenvalue weighted by molar-refractivity contribution is 5.39. The van der Waals surface area contributed by atoms with Crippen molar-refractivity contribution in [2.24, 2.45) is 0 Å². The third kappa shape index (κ3) is 1.82. The molecular weight excluding hydrogens is 214 g/mol. The van der Waals surface area contributed by atoms with Gasteiger partial charge in [0.1, 0.15) is 0 Å². The highest BCUT2D eigenvalue weighted by Gasteiger charge is 2.23. The van der Waals surface area contributed by atoms with Gasteiger partial charge in [0, 0.05) is 12.5 Å². The van der Waals surface area contributed by atoms with Crippen LogP contribution in [0.4, 0.5) is 0 Å². The molecule has 3 rings (SSSR count). The average molecular weight is 229 g/mol. The van der Waals surface area contributed by atoms with E-state index in [1.54, 1.807) is 0 Å². The fourth-order valence-electron chi connectivity index (χ4n) is 2.30. The first kappa shape index (κ1) is 10.4. The van der Waals surface area contributed by atoms with E-state index in [9.17, 15) is 0 Å². The normalized spacial score (nSPS) is 19.7. The van der Waals surface area contributed by atoms with Gasteiger partial charge in [0.15, 0.2) is 5.82 Å². The van der Waals surface area contributed by atoms with Gasteiger partial charge >= 0.3 is 0 Å². The van der Waals surface area contributed by atoms with Gasteiger partial charge in [-0.3, -0.25) is 0 Å². The number of rotatable bonds is 2. The molecule has 1 aromatic carbocycles. The van der Waals surface area contributed by atoms with Crippen molar-refractivity contribution in [3.05, 3.63) is 35.7 Å². The van der Waals surface area contributed by atoms with Crippen LogP contribution in [0.5, 0.6) is 0 Å². The van der Waals surface area contributed by atoms with Gasteiger partial charge in [0.2, 0.25) is 0 Å². The predicted molar refractivity (Wildman–Crippen MR) is 64.1 cm³/mol. The Morgan fingerprint density at radius 3 is 3.00 bits per heavy atom. The van der Waals surface area contributed by atoms with Gasteiger partial charge in [-0.15, -0.1) is 5.10 Å². The van der Waals surface area contributed by atoms with E-state index in [1.807, 2.05) is 16.8 Å². The molecule has 17 heavy (non-hydrogen) atoms. The molecule has 0 spiro atoms. The van der Waals surface area contributed by atoms with Crippen LogP contribution in [-0.2, 0) is 0 Å². The largest absolute Gasteiger partial charge is 0.316 e. The Balaban J connectivity index is 2.04. The molecular formula is C12H15N5. The third-order valence-electron chi connectivity index (χ3n) is 3.26. The molecule has 5 heteroatoms. The zero-order valence-corrected chi connectivity index (χ0v) is 9.80. The van der Waals surface area contributed by atoms with Crippen molar-refractivity contribution in [2.75, 3.05) is 13.1 Å². The van der Waals surface area contributed by atoms with Crippen LogP contribution < -0.4 is 5.32 Å². The first-order chi connectivity index (χ1) is 8.36. The summed E-state index contributed by atoms with van der Waals surface area (Å²) in [6.07, 6.45) is 1.10. The number of hydrogen-bond donors (Lipinski definition) is 1. The lowest BCUT2D eigenvalue weighted by Crippen LogP contribution is -2.13. The fraction of sp³-hybridized carbons (Fsp3) is 0.417. The van der Waals surface area contributed by atoms with Gasteiger partial charge in [0.05, 0.1) is 5.69 Å². The van der Waals surface area contributed by atoms with E-state index in [-0.39, 0.29) is 0 Å². The molecule has 1 aromatic heterocycles. The molecule has 0 aliphatic carbocycles. The van der Waals surface area contributed by atoms with Gasteiger partial charge in [-0.05, 0) is 41.9 Å².